The molecule has 106 valence electrons. The molecule has 2 N–H and O–H groups in total. The first-order valence-electron chi connectivity index (χ1n) is 6.30. The first kappa shape index (κ1) is 15.0. The molecule has 1 aromatic heterocycles. The summed E-state index contributed by atoms with van der Waals surface area (Å²) in [7, 11) is 0. The molecule has 0 saturated carbocycles. The van der Waals surface area contributed by atoms with Crippen LogP contribution in [0, 0.1) is 6.92 Å². The monoisotopic (exact) mass is 309 g/mol. The highest BCUT2D eigenvalue weighted by molar-refractivity contribution is 7.12. The normalized spacial score (nSPS) is 12.2. The van der Waals surface area contributed by atoms with Gasteiger partial charge >= 0.3 is 0 Å². The second-order valence-electron chi connectivity index (χ2n) is 4.56. The minimum absolute atomic E-state index is 0.0835. The molecule has 0 aliphatic carbocycles. The lowest BCUT2D eigenvalue weighted by molar-refractivity contribution is -0.120. The number of aliphatic hydroxyl groups excluding tert-OH is 1. The molecule has 1 unspecified atom stereocenters. The summed E-state index contributed by atoms with van der Waals surface area (Å²) in [4.78, 5) is 14.0. The quantitative estimate of drug-likeness (QED) is 0.891. The Balaban J connectivity index is 1.82. The van der Waals surface area contributed by atoms with E-state index in [0.29, 0.717) is 11.4 Å². The summed E-state index contributed by atoms with van der Waals surface area (Å²) in [5, 5.41) is 13.3. The largest absolute Gasteiger partial charge is 0.387 e. The van der Waals surface area contributed by atoms with Crippen LogP contribution >= 0.6 is 22.9 Å². The second kappa shape index (κ2) is 6.88. The van der Waals surface area contributed by atoms with E-state index < -0.39 is 6.10 Å². The van der Waals surface area contributed by atoms with Crippen molar-refractivity contribution < 1.29 is 9.90 Å². The van der Waals surface area contributed by atoms with Crippen molar-refractivity contribution in [3.63, 3.8) is 0 Å². The van der Waals surface area contributed by atoms with Crippen molar-refractivity contribution in [2.75, 3.05) is 6.54 Å². The van der Waals surface area contributed by atoms with Crippen molar-refractivity contribution in [3.8, 4) is 0 Å². The summed E-state index contributed by atoms with van der Waals surface area (Å²) in [5.74, 6) is -0.0835. The van der Waals surface area contributed by atoms with E-state index in [9.17, 15) is 9.90 Å². The minimum Gasteiger partial charge on any atom is -0.387 e. The molecular formula is C15H16ClNO2S. The van der Waals surface area contributed by atoms with Gasteiger partial charge in [-0.25, -0.2) is 0 Å². The molecule has 0 spiro atoms. The molecule has 2 aromatic rings. The van der Waals surface area contributed by atoms with Gasteiger partial charge in [0.25, 0.3) is 0 Å². The van der Waals surface area contributed by atoms with E-state index in [1.807, 2.05) is 19.1 Å². The van der Waals surface area contributed by atoms with Gasteiger partial charge in [-0.15, -0.1) is 11.3 Å². The van der Waals surface area contributed by atoms with Crippen LogP contribution in [0.5, 0.6) is 0 Å². The number of aryl methyl sites for hydroxylation is 1. The van der Waals surface area contributed by atoms with Crippen LogP contribution in [0.4, 0.5) is 0 Å². The summed E-state index contributed by atoms with van der Waals surface area (Å²) in [6, 6.07) is 10.9. The average Bonchev–Trinajstić information content (AvgIpc) is 2.82. The molecule has 3 nitrogen and oxygen atoms in total. The van der Waals surface area contributed by atoms with Crippen molar-refractivity contribution in [1.29, 1.82) is 0 Å². The van der Waals surface area contributed by atoms with Crippen molar-refractivity contribution in [2.45, 2.75) is 19.4 Å². The summed E-state index contributed by atoms with van der Waals surface area (Å²) >= 11 is 7.40. The van der Waals surface area contributed by atoms with Crippen molar-refractivity contribution in [1.82, 2.24) is 5.32 Å². The van der Waals surface area contributed by atoms with E-state index in [0.717, 1.165) is 10.4 Å². The van der Waals surface area contributed by atoms with E-state index >= 15 is 0 Å². The molecule has 1 atom stereocenters. The first-order valence-corrected chi connectivity index (χ1v) is 7.49. The lowest BCUT2D eigenvalue weighted by atomic mass is 10.1. The van der Waals surface area contributed by atoms with E-state index in [-0.39, 0.29) is 12.5 Å². The zero-order chi connectivity index (χ0) is 14.5. The number of amides is 1. The third kappa shape index (κ3) is 4.34. The van der Waals surface area contributed by atoms with Crippen LogP contribution in [-0.2, 0) is 11.2 Å². The molecule has 0 bridgehead atoms. The Kier molecular flexibility index (Phi) is 5.17. The number of rotatable bonds is 5. The summed E-state index contributed by atoms with van der Waals surface area (Å²) < 4.78 is 0. The van der Waals surface area contributed by atoms with Crippen molar-refractivity contribution >= 4 is 28.8 Å². The van der Waals surface area contributed by atoms with Gasteiger partial charge in [-0.1, -0.05) is 23.7 Å². The van der Waals surface area contributed by atoms with Gasteiger partial charge < -0.3 is 10.4 Å². The van der Waals surface area contributed by atoms with Crippen LogP contribution in [-0.4, -0.2) is 17.6 Å². The third-order valence-electron chi connectivity index (χ3n) is 2.88. The Morgan fingerprint density at radius 1 is 1.30 bits per heavy atom. The van der Waals surface area contributed by atoms with Gasteiger partial charge in [0.2, 0.25) is 5.91 Å². The third-order valence-corrected chi connectivity index (χ3v) is 4.13. The average molecular weight is 310 g/mol. The van der Waals surface area contributed by atoms with Gasteiger partial charge in [0, 0.05) is 21.3 Å². The Morgan fingerprint density at radius 3 is 2.60 bits per heavy atom. The number of carbonyl (C=O) groups excluding carboxylic acids is 1. The number of carbonyl (C=O) groups is 1. The summed E-state index contributed by atoms with van der Waals surface area (Å²) in [5.41, 5.74) is 0.738. The standard InChI is InChI=1S/C15H16ClNO2S/c1-10-2-7-13(20-10)8-15(19)17-9-14(18)11-3-5-12(16)6-4-11/h2-7,14,18H,8-9H2,1H3,(H,17,19). The van der Waals surface area contributed by atoms with Gasteiger partial charge in [-0.3, -0.25) is 4.79 Å². The van der Waals surface area contributed by atoms with Crippen LogP contribution in [0.25, 0.3) is 0 Å². The molecule has 0 saturated heterocycles. The topological polar surface area (TPSA) is 49.3 Å². The molecule has 5 heteroatoms. The number of benzene rings is 1. The maximum absolute atomic E-state index is 11.8. The lowest BCUT2D eigenvalue weighted by Gasteiger charge is -2.12. The fraction of sp³-hybridized carbons (Fsp3) is 0.267. The predicted molar refractivity (Wildman–Crippen MR) is 82.2 cm³/mol. The molecule has 1 aromatic carbocycles. The van der Waals surface area contributed by atoms with Crippen LogP contribution in [0.15, 0.2) is 36.4 Å². The Morgan fingerprint density at radius 2 is 2.00 bits per heavy atom. The van der Waals surface area contributed by atoms with Crippen LogP contribution in [0.1, 0.15) is 21.4 Å². The maximum Gasteiger partial charge on any atom is 0.225 e. The number of aliphatic hydroxyl groups is 1. The van der Waals surface area contributed by atoms with Gasteiger partial charge in [0.15, 0.2) is 0 Å². The van der Waals surface area contributed by atoms with Gasteiger partial charge in [-0.2, -0.15) is 0 Å². The number of halogens is 1. The van der Waals surface area contributed by atoms with Crippen LogP contribution in [0.3, 0.4) is 0 Å². The fourth-order valence-electron chi connectivity index (χ4n) is 1.81. The van der Waals surface area contributed by atoms with Crippen molar-refractivity contribution in [2.24, 2.45) is 0 Å². The summed E-state index contributed by atoms with van der Waals surface area (Å²) in [6.45, 7) is 2.21. The minimum atomic E-state index is -0.721. The van der Waals surface area contributed by atoms with E-state index in [1.165, 1.54) is 4.88 Å². The highest BCUT2D eigenvalue weighted by Gasteiger charge is 2.10. The smallest absolute Gasteiger partial charge is 0.225 e. The molecular weight excluding hydrogens is 294 g/mol. The van der Waals surface area contributed by atoms with Crippen LogP contribution < -0.4 is 5.32 Å². The van der Waals surface area contributed by atoms with E-state index in [1.54, 1.807) is 35.6 Å². The summed E-state index contributed by atoms with van der Waals surface area (Å²) in [6.07, 6.45) is -0.368. The van der Waals surface area contributed by atoms with Crippen molar-refractivity contribution in [3.05, 3.63) is 56.7 Å². The lowest BCUT2D eigenvalue weighted by Crippen LogP contribution is -2.29. The van der Waals surface area contributed by atoms with Crippen LogP contribution in [0.2, 0.25) is 5.02 Å². The Labute approximate surface area is 127 Å². The number of nitrogens with one attached hydrogen (secondary N) is 1. The molecule has 1 amide bonds. The highest BCUT2D eigenvalue weighted by Crippen LogP contribution is 2.17. The molecule has 0 aliphatic rings. The predicted octanol–water partition coefficient (Wildman–Crippen LogP) is 3.10. The molecule has 2 rings (SSSR count). The van der Waals surface area contributed by atoms with Gasteiger partial charge in [-0.05, 0) is 36.8 Å². The SMILES string of the molecule is Cc1ccc(CC(=O)NCC(O)c2ccc(Cl)cc2)s1. The van der Waals surface area contributed by atoms with E-state index in [4.69, 9.17) is 11.6 Å². The zero-order valence-corrected chi connectivity index (χ0v) is 12.7. The fourth-order valence-corrected chi connectivity index (χ4v) is 2.83. The van der Waals surface area contributed by atoms with Gasteiger partial charge in [0.1, 0.15) is 0 Å². The number of thiophene rings is 1. The first-order chi connectivity index (χ1) is 9.54. The molecule has 0 radical (unpaired) electrons. The number of hydrogen-bond donors (Lipinski definition) is 2. The highest BCUT2D eigenvalue weighted by atomic mass is 35.5. The molecule has 0 aliphatic heterocycles. The molecule has 20 heavy (non-hydrogen) atoms. The van der Waals surface area contributed by atoms with E-state index in [2.05, 4.69) is 5.32 Å². The number of hydrogen-bond acceptors (Lipinski definition) is 3. The Bertz CT molecular complexity index is 580. The molecule has 0 fully saturated rings. The van der Waals surface area contributed by atoms with Gasteiger partial charge in [0.05, 0.1) is 12.5 Å². The Hall–Kier alpha value is -1.36. The maximum atomic E-state index is 11.8. The molecule has 1 heterocycles. The second-order valence-corrected chi connectivity index (χ2v) is 6.37. The zero-order valence-electron chi connectivity index (χ0n) is 11.1.